The summed E-state index contributed by atoms with van der Waals surface area (Å²) in [6, 6.07) is 4.84. The largest absolute Gasteiger partial charge is 0.488 e. The molecule has 18 heavy (non-hydrogen) atoms. The van der Waals surface area contributed by atoms with Crippen LogP contribution in [0.4, 0.5) is 11.4 Å². The first-order valence-electron chi connectivity index (χ1n) is 5.89. The fourth-order valence-corrected chi connectivity index (χ4v) is 2.10. The Morgan fingerprint density at radius 1 is 1.33 bits per heavy atom. The minimum absolute atomic E-state index is 0.0841. The SMILES string of the molecule is CCC(CC)Oc1cc(NS(C)(=O)=O)ccc1N. The monoisotopic (exact) mass is 272 g/mol. The molecule has 0 saturated heterocycles. The molecule has 0 aliphatic heterocycles. The second-order valence-electron chi connectivity index (χ2n) is 4.18. The van der Waals surface area contributed by atoms with Gasteiger partial charge in [-0.05, 0) is 25.0 Å². The fourth-order valence-electron chi connectivity index (χ4n) is 1.55. The van der Waals surface area contributed by atoms with Crippen molar-refractivity contribution < 1.29 is 13.2 Å². The number of ether oxygens (including phenoxy) is 1. The minimum atomic E-state index is -3.29. The number of anilines is 2. The molecule has 6 heteroatoms. The van der Waals surface area contributed by atoms with Crippen molar-refractivity contribution in [2.75, 3.05) is 16.7 Å². The van der Waals surface area contributed by atoms with Gasteiger partial charge in [-0.3, -0.25) is 4.72 Å². The number of nitrogen functional groups attached to an aromatic ring is 1. The fraction of sp³-hybridized carbons (Fsp3) is 0.500. The normalized spacial score (nSPS) is 11.6. The van der Waals surface area contributed by atoms with E-state index in [1.165, 1.54) is 0 Å². The third kappa shape index (κ3) is 4.44. The third-order valence-electron chi connectivity index (χ3n) is 2.52. The predicted octanol–water partition coefficient (Wildman–Crippen LogP) is 2.21. The summed E-state index contributed by atoms with van der Waals surface area (Å²) in [4.78, 5) is 0. The van der Waals surface area contributed by atoms with Gasteiger partial charge in [0.1, 0.15) is 5.75 Å². The maximum Gasteiger partial charge on any atom is 0.229 e. The van der Waals surface area contributed by atoms with E-state index in [0.717, 1.165) is 19.1 Å². The first-order chi connectivity index (χ1) is 8.35. The van der Waals surface area contributed by atoms with Crippen LogP contribution in [0, 0.1) is 0 Å². The van der Waals surface area contributed by atoms with Gasteiger partial charge in [0.2, 0.25) is 10.0 Å². The zero-order chi connectivity index (χ0) is 13.8. The van der Waals surface area contributed by atoms with E-state index in [4.69, 9.17) is 10.5 Å². The van der Waals surface area contributed by atoms with Crippen molar-refractivity contribution in [1.82, 2.24) is 0 Å². The summed E-state index contributed by atoms with van der Waals surface area (Å²) in [5, 5.41) is 0. The lowest BCUT2D eigenvalue weighted by molar-refractivity contribution is 0.194. The molecule has 0 fully saturated rings. The van der Waals surface area contributed by atoms with E-state index in [1.807, 2.05) is 13.8 Å². The Hall–Kier alpha value is -1.43. The Morgan fingerprint density at radius 3 is 2.44 bits per heavy atom. The average molecular weight is 272 g/mol. The number of hydrogen-bond acceptors (Lipinski definition) is 4. The first-order valence-corrected chi connectivity index (χ1v) is 7.78. The second-order valence-corrected chi connectivity index (χ2v) is 5.93. The van der Waals surface area contributed by atoms with Crippen LogP contribution >= 0.6 is 0 Å². The zero-order valence-electron chi connectivity index (χ0n) is 10.9. The van der Waals surface area contributed by atoms with Crippen LogP contribution in [0.1, 0.15) is 26.7 Å². The first kappa shape index (κ1) is 14.6. The van der Waals surface area contributed by atoms with Crippen LogP contribution in [-0.4, -0.2) is 20.8 Å². The number of rotatable bonds is 6. The summed E-state index contributed by atoms with van der Waals surface area (Å²) in [5.74, 6) is 0.511. The van der Waals surface area contributed by atoms with Gasteiger partial charge in [0, 0.05) is 6.07 Å². The molecule has 1 aromatic rings. The van der Waals surface area contributed by atoms with Crippen molar-refractivity contribution in [2.24, 2.45) is 0 Å². The van der Waals surface area contributed by atoms with Crippen LogP contribution in [0.25, 0.3) is 0 Å². The van der Waals surface area contributed by atoms with Crippen molar-refractivity contribution >= 4 is 21.4 Å². The molecule has 0 aliphatic rings. The molecule has 0 bridgehead atoms. The maximum atomic E-state index is 11.1. The van der Waals surface area contributed by atoms with Gasteiger partial charge < -0.3 is 10.5 Å². The summed E-state index contributed by atoms with van der Waals surface area (Å²) in [7, 11) is -3.29. The molecule has 0 saturated carbocycles. The third-order valence-corrected chi connectivity index (χ3v) is 3.13. The number of hydrogen-bond donors (Lipinski definition) is 2. The van der Waals surface area contributed by atoms with Gasteiger partial charge >= 0.3 is 0 Å². The maximum absolute atomic E-state index is 11.1. The molecule has 0 radical (unpaired) electrons. The van der Waals surface area contributed by atoms with Crippen molar-refractivity contribution in [3.8, 4) is 5.75 Å². The van der Waals surface area contributed by atoms with Crippen LogP contribution in [0.2, 0.25) is 0 Å². The Labute approximate surface area is 108 Å². The summed E-state index contributed by atoms with van der Waals surface area (Å²) in [6.45, 7) is 4.06. The molecule has 1 rings (SSSR count). The van der Waals surface area contributed by atoms with E-state index < -0.39 is 10.0 Å². The molecule has 0 amide bonds. The van der Waals surface area contributed by atoms with Crippen LogP contribution < -0.4 is 15.2 Å². The molecule has 3 N–H and O–H groups in total. The Balaban J connectivity index is 2.94. The molecule has 0 aromatic heterocycles. The van der Waals surface area contributed by atoms with Crippen molar-refractivity contribution in [1.29, 1.82) is 0 Å². The topological polar surface area (TPSA) is 81.4 Å². The smallest absolute Gasteiger partial charge is 0.229 e. The lowest BCUT2D eigenvalue weighted by Crippen LogP contribution is -2.15. The van der Waals surface area contributed by atoms with Gasteiger partial charge in [0.05, 0.1) is 23.7 Å². The molecular weight excluding hydrogens is 252 g/mol. The summed E-state index contributed by atoms with van der Waals surface area (Å²) < 4.78 is 30.4. The molecule has 102 valence electrons. The molecule has 0 spiro atoms. The number of benzene rings is 1. The standard InChI is InChI=1S/C12H20N2O3S/c1-4-10(5-2)17-12-8-9(6-7-11(12)13)14-18(3,15)16/h6-8,10,14H,4-5,13H2,1-3H3. The van der Waals surface area contributed by atoms with Crippen molar-refractivity contribution in [2.45, 2.75) is 32.8 Å². The van der Waals surface area contributed by atoms with E-state index in [-0.39, 0.29) is 6.10 Å². The second kappa shape index (κ2) is 5.95. The Morgan fingerprint density at radius 2 is 1.94 bits per heavy atom. The molecular formula is C12H20N2O3S. The van der Waals surface area contributed by atoms with Crippen LogP contribution in [0.5, 0.6) is 5.75 Å². The van der Waals surface area contributed by atoms with Crippen molar-refractivity contribution in [3.63, 3.8) is 0 Å². The number of nitrogens with one attached hydrogen (secondary N) is 1. The highest BCUT2D eigenvalue weighted by Gasteiger charge is 2.10. The quantitative estimate of drug-likeness (QED) is 0.778. The molecule has 0 atom stereocenters. The number of nitrogens with two attached hydrogens (primary N) is 1. The Kier molecular flexibility index (Phi) is 4.84. The summed E-state index contributed by atoms with van der Waals surface area (Å²) in [5.41, 5.74) is 6.76. The van der Waals surface area contributed by atoms with E-state index in [2.05, 4.69) is 4.72 Å². The van der Waals surface area contributed by atoms with E-state index >= 15 is 0 Å². The molecule has 0 aliphatic carbocycles. The average Bonchev–Trinajstić information content (AvgIpc) is 2.28. The zero-order valence-corrected chi connectivity index (χ0v) is 11.8. The van der Waals surface area contributed by atoms with E-state index in [0.29, 0.717) is 17.1 Å². The Bertz CT molecular complexity index is 496. The van der Waals surface area contributed by atoms with Gasteiger partial charge in [-0.15, -0.1) is 0 Å². The van der Waals surface area contributed by atoms with Crippen LogP contribution in [0.15, 0.2) is 18.2 Å². The highest BCUT2D eigenvalue weighted by atomic mass is 32.2. The van der Waals surface area contributed by atoms with E-state index in [9.17, 15) is 8.42 Å². The van der Waals surface area contributed by atoms with Crippen LogP contribution in [0.3, 0.4) is 0 Å². The summed E-state index contributed by atoms with van der Waals surface area (Å²) >= 11 is 0. The summed E-state index contributed by atoms with van der Waals surface area (Å²) in [6.07, 6.45) is 2.94. The highest BCUT2D eigenvalue weighted by molar-refractivity contribution is 7.92. The van der Waals surface area contributed by atoms with Gasteiger partial charge in [0.25, 0.3) is 0 Å². The predicted molar refractivity (Wildman–Crippen MR) is 74.3 cm³/mol. The highest BCUT2D eigenvalue weighted by Crippen LogP contribution is 2.27. The number of sulfonamides is 1. The molecule has 0 heterocycles. The molecule has 5 nitrogen and oxygen atoms in total. The molecule has 0 unspecified atom stereocenters. The van der Waals surface area contributed by atoms with Gasteiger partial charge in [-0.1, -0.05) is 13.8 Å². The van der Waals surface area contributed by atoms with E-state index in [1.54, 1.807) is 18.2 Å². The minimum Gasteiger partial charge on any atom is -0.488 e. The van der Waals surface area contributed by atoms with Crippen LogP contribution in [-0.2, 0) is 10.0 Å². The lowest BCUT2D eigenvalue weighted by atomic mass is 10.2. The lowest BCUT2D eigenvalue weighted by Gasteiger charge is -2.18. The molecule has 1 aromatic carbocycles. The van der Waals surface area contributed by atoms with Gasteiger partial charge in [-0.2, -0.15) is 0 Å². The van der Waals surface area contributed by atoms with Gasteiger partial charge in [-0.25, -0.2) is 8.42 Å². The van der Waals surface area contributed by atoms with Crippen molar-refractivity contribution in [3.05, 3.63) is 18.2 Å². The van der Waals surface area contributed by atoms with Gasteiger partial charge in [0.15, 0.2) is 0 Å².